The minimum absolute atomic E-state index is 0.263. The van der Waals surface area contributed by atoms with E-state index < -0.39 is 0 Å². The number of aryl methyl sites for hydroxylation is 1. The van der Waals surface area contributed by atoms with Gasteiger partial charge in [0.15, 0.2) is 0 Å². The van der Waals surface area contributed by atoms with Gasteiger partial charge >= 0.3 is 0 Å². The first-order valence-corrected chi connectivity index (χ1v) is 5.60. The van der Waals surface area contributed by atoms with Gasteiger partial charge in [0.25, 0.3) is 5.91 Å². The van der Waals surface area contributed by atoms with Gasteiger partial charge in [-0.25, -0.2) is 0 Å². The van der Waals surface area contributed by atoms with E-state index in [0.717, 1.165) is 0 Å². The van der Waals surface area contributed by atoms with E-state index in [9.17, 15) is 4.79 Å². The fraction of sp³-hybridized carbons (Fsp3) is 0.0909. The molecule has 0 fully saturated rings. The van der Waals surface area contributed by atoms with Crippen LogP contribution in [0.3, 0.4) is 0 Å². The third-order valence-electron chi connectivity index (χ3n) is 2.25. The van der Waals surface area contributed by atoms with E-state index in [1.165, 1.54) is 6.20 Å². The second-order valence-electron chi connectivity index (χ2n) is 3.49. The largest absolute Gasteiger partial charge is 0.321 e. The molecule has 4 nitrogen and oxygen atoms in total. The zero-order valence-electron chi connectivity index (χ0n) is 8.92. The van der Waals surface area contributed by atoms with Crippen LogP contribution in [0.4, 0.5) is 5.69 Å². The van der Waals surface area contributed by atoms with E-state index in [4.69, 9.17) is 23.2 Å². The average Bonchev–Trinajstić information content (AvgIpc) is 2.68. The Bertz CT molecular complexity index is 566. The number of nitrogens with zero attached hydrogens (tertiary/aromatic N) is 1. The highest BCUT2D eigenvalue weighted by atomic mass is 35.5. The van der Waals surface area contributed by atoms with Crippen LogP contribution in [0.2, 0.25) is 10.0 Å². The van der Waals surface area contributed by atoms with E-state index in [1.807, 2.05) is 0 Å². The van der Waals surface area contributed by atoms with Gasteiger partial charge in [-0.05, 0) is 25.1 Å². The number of carbonyl (C=O) groups excluding carboxylic acids is 1. The molecule has 0 radical (unpaired) electrons. The van der Waals surface area contributed by atoms with Gasteiger partial charge in [-0.15, -0.1) is 0 Å². The first-order chi connectivity index (χ1) is 8.08. The van der Waals surface area contributed by atoms with Crippen molar-refractivity contribution in [3.8, 4) is 0 Å². The molecule has 0 aliphatic rings. The molecule has 1 amide bonds. The summed E-state index contributed by atoms with van der Waals surface area (Å²) in [6.07, 6.45) is 1.47. The summed E-state index contributed by atoms with van der Waals surface area (Å²) in [5.74, 6) is -0.263. The topological polar surface area (TPSA) is 57.8 Å². The number of amides is 1. The van der Waals surface area contributed by atoms with Crippen molar-refractivity contribution in [3.05, 3.63) is 45.7 Å². The molecule has 0 aliphatic carbocycles. The Balaban J connectivity index is 2.22. The summed E-state index contributed by atoms with van der Waals surface area (Å²) < 4.78 is 0. The van der Waals surface area contributed by atoms with Crippen molar-refractivity contribution in [2.24, 2.45) is 0 Å². The second-order valence-corrected chi connectivity index (χ2v) is 4.33. The molecular weight excluding hydrogens is 261 g/mol. The molecular formula is C11H9Cl2N3O. The third-order valence-corrected chi connectivity index (χ3v) is 2.80. The number of anilines is 1. The van der Waals surface area contributed by atoms with Crippen LogP contribution in [0.15, 0.2) is 24.4 Å². The summed E-state index contributed by atoms with van der Waals surface area (Å²) in [5.41, 5.74) is 1.70. The van der Waals surface area contributed by atoms with Crippen molar-refractivity contribution >= 4 is 34.8 Å². The summed E-state index contributed by atoms with van der Waals surface area (Å²) in [6, 6.07) is 4.88. The molecule has 88 valence electrons. The van der Waals surface area contributed by atoms with Crippen LogP contribution in [0.5, 0.6) is 0 Å². The van der Waals surface area contributed by atoms with Crippen molar-refractivity contribution in [1.82, 2.24) is 10.2 Å². The molecule has 17 heavy (non-hydrogen) atoms. The number of aromatic amines is 1. The molecule has 1 aromatic carbocycles. The first kappa shape index (κ1) is 12.0. The van der Waals surface area contributed by atoms with E-state index in [-0.39, 0.29) is 5.91 Å². The molecule has 1 heterocycles. The standard InChI is InChI=1S/C11H9Cl2N3O/c1-6-8(5-14-16-6)11(17)15-10-3-2-7(12)4-9(10)13/h2-5H,1H3,(H,14,16)(H,15,17). The Labute approximate surface area is 108 Å². The fourth-order valence-corrected chi connectivity index (χ4v) is 1.82. The number of carbonyl (C=O) groups is 1. The fourth-order valence-electron chi connectivity index (χ4n) is 1.36. The minimum Gasteiger partial charge on any atom is -0.321 e. The Morgan fingerprint density at radius 2 is 2.18 bits per heavy atom. The van der Waals surface area contributed by atoms with E-state index in [0.29, 0.717) is 27.0 Å². The maximum absolute atomic E-state index is 11.9. The number of rotatable bonds is 2. The summed E-state index contributed by atoms with van der Waals surface area (Å²) in [4.78, 5) is 11.9. The molecule has 0 saturated heterocycles. The summed E-state index contributed by atoms with van der Waals surface area (Å²) in [6.45, 7) is 1.77. The monoisotopic (exact) mass is 269 g/mol. The lowest BCUT2D eigenvalue weighted by Gasteiger charge is -2.06. The highest BCUT2D eigenvalue weighted by Gasteiger charge is 2.12. The molecule has 2 N–H and O–H groups in total. The zero-order valence-corrected chi connectivity index (χ0v) is 10.4. The van der Waals surface area contributed by atoms with Gasteiger partial charge < -0.3 is 5.32 Å². The van der Waals surface area contributed by atoms with Gasteiger partial charge in [-0.3, -0.25) is 9.89 Å². The van der Waals surface area contributed by atoms with Crippen molar-refractivity contribution in [3.63, 3.8) is 0 Å². The zero-order chi connectivity index (χ0) is 12.4. The molecule has 0 saturated carbocycles. The maximum atomic E-state index is 11.9. The maximum Gasteiger partial charge on any atom is 0.259 e. The summed E-state index contributed by atoms with van der Waals surface area (Å²) in [5, 5.41) is 10.1. The summed E-state index contributed by atoms with van der Waals surface area (Å²) >= 11 is 11.7. The van der Waals surface area contributed by atoms with Crippen LogP contribution in [0.1, 0.15) is 16.1 Å². The van der Waals surface area contributed by atoms with Crippen LogP contribution in [0, 0.1) is 6.92 Å². The number of halogens is 2. The van der Waals surface area contributed by atoms with Crippen molar-refractivity contribution in [2.75, 3.05) is 5.32 Å². The van der Waals surface area contributed by atoms with Gasteiger partial charge in [0.2, 0.25) is 0 Å². The minimum atomic E-state index is -0.263. The average molecular weight is 270 g/mol. The second kappa shape index (κ2) is 4.77. The molecule has 0 unspecified atom stereocenters. The third kappa shape index (κ3) is 2.60. The Morgan fingerprint density at radius 1 is 1.41 bits per heavy atom. The number of benzene rings is 1. The van der Waals surface area contributed by atoms with Gasteiger partial charge in [0, 0.05) is 10.7 Å². The van der Waals surface area contributed by atoms with E-state index in [1.54, 1.807) is 25.1 Å². The van der Waals surface area contributed by atoms with E-state index >= 15 is 0 Å². The number of nitrogens with one attached hydrogen (secondary N) is 2. The highest BCUT2D eigenvalue weighted by Crippen LogP contribution is 2.25. The lowest BCUT2D eigenvalue weighted by molar-refractivity contribution is 0.102. The Morgan fingerprint density at radius 3 is 2.76 bits per heavy atom. The molecule has 0 aliphatic heterocycles. The Hall–Kier alpha value is -1.52. The number of H-pyrrole nitrogens is 1. The van der Waals surface area contributed by atoms with Crippen LogP contribution in [-0.4, -0.2) is 16.1 Å². The van der Waals surface area contributed by atoms with Gasteiger partial charge in [0.1, 0.15) is 0 Å². The molecule has 0 atom stereocenters. The lowest BCUT2D eigenvalue weighted by atomic mass is 10.2. The SMILES string of the molecule is Cc1[nH]ncc1C(=O)Nc1ccc(Cl)cc1Cl. The predicted octanol–water partition coefficient (Wildman–Crippen LogP) is 3.28. The van der Waals surface area contributed by atoms with E-state index in [2.05, 4.69) is 15.5 Å². The number of hydrogen-bond acceptors (Lipinski definition) is 2. The molecule has 1 aromatic heterocycles. The molecule has 2 aromatic rings. The van der Waals surface area contributed by atoms with Crippen LogP contribution >= 0.6 is 23.2 Å². The van der Waals surface area contributed by atoms with Crippen LogP contribution in [-0.2, 0) is 0 Å². The molecule has 6 heteroatoms. The normalized spacial score (nSPS) is 10.3. The van der Waals surface area contributed by atoms with Gasteiger partial charge in [-0.2, -0.15) is 5.10 Å². The molecule has 2 rings (SSSR count). The van der Waals surface area contributed by atoms with Crippen molar-refractivity contribution in [2.45, 2.75) is 6.92 Å². The predicted molar refractivity (Wildman–Crippen MR) is 67.7 cm³/mol. The highest BCUT2D eigenvalue weighted by molar-refractivity contribution is 6.36. The summed E-state index contributed by atoms with van der Waals surface area (Å²) in [7, 11) is 0. The van der Waals surface area contributed by atoms with Crippen molar-refractivity contribution in [1.29, 1.82) is 0 Å². The van der Waals surface area contributed by atoms with Gasteiger partial charge in [-0.1, -0.05) is 23.2 Å². The Kier molecular flexibility index (Phi) is 3.36. The van der Waals surface area contributed by atoms with Crippen LogP contribution < -0.4 is 5.32 Å². The number of aromatic nitrogens is 2. The van der Waals surface area contributed by atoms with Crippen LogP contribution in [0.25, 0.3) is 0 Å². The molecule has 0 bridgehead atoms. The smallest absolute Gasteiger partial charge is 0.259 e. The van der Waals surface area contributed by atoms with Gasteiger partial charge in [0.05, 0.1) is 22.5 Å². The number of hydrogen-bond donors (Lipinski definition) is 2. The lowest BCUT2D eigenvalue weighted by Crippen LogP contribution is -2.12. The molecule has 0 spiro atoms. The first-order valence-electron chi connectivity index (χ1n) is 4.84. The quantitative estimate of drug-likeness (QED) is 0.879. The van der Waals surface area contributed by atoms with Crippen molar-refractivity contribution < 1.29 is 4.79 Å².